The van der Waals surface area contributed by atoms with Gasteiger partial charge in [-0.2, -0.15) is 0 Å². The van der Waals surface area contributed by atoms with Crippen molar-refractivity contribution in [2.45, 2.75) is 32.9 Å². The summed E-state index contributed by atoms with van der Waals surface area (Å²) in [6.07, 6.45) is 3.07. The van der Waals surface area contributed by atoms with E-state index in [1.165, 1.54) is 17.5 Å². The van der Waals surface area contributed by atoms with Crippen molar-refractivity contribution in [1.82, 2.24) is 9.88 Å². The molecule has 0 aromatic carbocycles. The Bertz CT molecular complexity index is 405. The summed E-state index contributed by atoms with van der Waals surface area (Å²) in [5.74, 6) is 1.09. The van der Waals surface area contributed by atoms with Crippen molar-refractivity contribution in [2.75, 3.05) is 31.6 Å². The third-order valence-corrected chi connectivity index (χ3v) is 4.02. The summed E-state index contributed by atoms with van der Waals surface area (Å²) in [5.41, 5.74) is 8.31. The third kappa shape index (κ3) is 2.49. The average molecular weight is 248 g/mol. The number of rotatable bonds is 3. The molecule has 1 aromatic heterocycles. The van der Waals surface area contributed by atoms with Crippen molar-refractivity contribution in [3.63, 3.8) is 0 Å². The molecule has 4 heteroatoms. The highest BCUT2D eigenvalue weighted by molar-refractivity contribution is 5.50. The lowest BCUT2D eigenvalue weighted by atomic mass is 10.1. The molecule has 0 amide bonds. The number of aryl methyl sites for hydroxylation is 1. The fraction of sp³-hybridized carbons (Fsp3) is 0.643. The number of piperazine rings is 1. The minimum Gasteiger partial charge on any atom is -0.353 e. The molecule has 4 nitrogen and oxygen atoms in total. The van der Waals surface area contributed by atoms with E-state index in [1.807, 2.05) is 12.3 Å². The van der Waals surface area contributed by atoms with Crippen molar-refractivity contribution in [2.24, 2.45) is 5.73 Å². The largest absolute Gasteiger partial charge is 0.353 e. The highest BCUT2D eigenvalue weighted by atomic mass is 15.3. The van der Waals surface area contributed by atoms with Gasteiger partial charge in [0.1, 0.15) is 5.82 Å². The Kier molecular flexibility index (Phi) is 4.19. The maximum Gasteiger partial charge on any atom is 0.133 e. The lowest BCUT2D eigenvalue weighted by Crippen LogP contribution is -2.51. The third-order valence-electron chi connectivity index (χ3n) is 4.02. The van der Waals surface area contributed by atoms with Crippen LogP contribution in [0.25, 0.3) is 0 Å². The molecule has 1 saturated heterocycles. The molecule has 1 aliphatic heterocycles. The molecular formula is C14H24N4. The van der Waals surface area contributed by atoms with E-state index < -0.39 is 0 Å². The molecular weight excluding hydrogens is 224 g/mol. The Morgan fingerprint density at radius 2 is 2.22 bits per heavy atom. The molecule has 1 unspecified atom stereocenters. The number of pyridine rings is 1. The highest BCUT2D eigenvalue weighted by Gasteiger charge is 2.25. The van der Waals surface area contributed by atoms with Gasteiger partial charge in [0.2, 0.25) is 0 Å². The van der Waals surface area contributed by atoms with Crippen LogP contribution in [0, 0.1) is 6.92 Å². The predicted octanol–water partition coefficient (Wildman–Crippen LogP) is 1.38. The molecule has 1 aromatic rings. The Morgan fingerprint density at radius 1 is 1.44 bits per heavy atom. The van der Waals surface area contributed by atoms with E-state index in [0.717, 1.165) is 25.5 Å². The second kappa shape index (κ2) is 5.67. The van der Waals surface area contributed by atoms with Crippen LogP contribution >= 0.6 is 0 Å². The first-order valence-electron chi connectivity index (χ1n) is 6.77. The van der Waals surface area contributed by atoms with Crippen LogP contribution in [0.5, 0.6) is 0 Å². The van der Waals surface area contributed by atoms with Gasteiger partial charge in [-0.25, -0.2) is 4.98 Å². The fourth-order valence-electron chi connectivity index (χ4n) is 2.68. The van der Waals surface area contributed by atoms with Crippen molar-refractivity contribution >= 4 is 5.82 Å². The summed E-state index contributed by atoms with van der Waals surface area (Å²) in [5, 5.41) is 0. The van der Waals surface area contributed by atoms with E-state index in [1.54, 1.807) is 0 Å². The molecule has 1 aliphatic rings. The van der Waals surface area contributed by atoms with Crippen molar-refractivity contribution in [3.8, 4) is 0 Å². The lowest BCUT2D eigenvalue weighted by Gasteiger charge is -2.40. The standard InChI is InChI=1S/C14H24N4/c1-4-12-10-18(8-7-17(12)3)14-13(9-15)11(2)5-6-16-14/h5-6,12H,4,7-10,15H2,1-3H3. The second-order valence-electron chi connectivity index (χ2n) is 5.12. The number of aromatic nitrogens is 1. The van der Waals surface area contributed by atoms with Gasteiger partial charge in [-0.05, 0) is 32.0 Å². The quantitative estimate of drug-likeness (QED) is 0.878. The van der Waals surface area contributed by atoms with Gasteiger partial charge in [-0.15, -0.1) is 0 Å². The normalized spacial score (nSPS) is 21.3. The second-order valence-corrected chi connectivity index (χ2v) is 5.12. The van der Waals surface area contributed by atoms with Crippen molar-refractivity contribution in [3.05, 3.63) is 23.4 Å². The fourth-order valence-corrected chi connectivity index (χ4v) is 2.68. The van der Waals surface area contributed by atoms with E-state index in [4.69, 9.17) is 5.73 Å². The number of nitrogens with two attached hydrogens (primary N) is 1. The molecule has 100 valence electrons. The topological polar surface area (TPSA) is 45.4 Å². The van der Waals surface area contributed by atoms with Crippen LogP contribution in [-0.4, -0.2) is 42.6 Å². The summed E-state index contributed by atoms with van der Waals surface area (Å²) in [6.45, 7) is 8.11. The zero-order valence-corrected chi connectivity index (χ0v) is 11.7. The Morgan fingerprint density at radius 3 is 2.89 bits per heavy atom. The van der Waals surface area contributed by atoms with E-state index >= 15 is 0 Å². The van der Waals surface area contributed by atoms with Gasteiger partial charge in [-0.1, -0.05) is 6.92 Å². The molecule has 18 heavy (non-hydrogen) atoms. The van der Waals surface area contributed by atoms with Crippen LogP contribution in [0.2, 0.25) is 0 Å². The molecule has 1 fully saturated rings. The molecule has 2 rings (SSSR count). The van der Waals surface area contributed by atoms with Crippen LogP contribution in [0.1, 0.15) is 24.5 Å². The SMILES string of the molecule is CCC1CN(c2nccc(C)c2CN)CCN1C. The molecule has 2 heterocycles. The molecule has 0 spiro atoms. The Labute approximate surface area is 110 Å². The smallest absolute Gasteiger partial charge is 0.133 e. The number of anilines is 1. The summed E-state index contributed by atoms with van der Waals surface area (Å²) < 4.78 is 0. The maximum absolute atomic E-state index is 5.88. The minimum absolute atomic E-state index is 0.568. The zero-order chi connectivity index (χ0) is 13.1. The van der Waals surface area contributed by atoms with Gasteiger partial charge >= 0.3 is 0 Å². The zero-order valence-electron chi connectivity index (χ0n) is 11.7. The first-order chi connectivity index (χ1) is 8.67. The minimum atomic E-state index is 0.568. The molecule has 1 atom stereocenters. The van der Waals surface area contributed by atoms with Crippen LogP contribution < -0.4 is 10.6 Å². The molecule has 0 saturated carbocycles. The highest BCUT2D eigenvalue weighted by Crippen LogP contribution is 2.23. The van der Waals surface area contributed by atoms with E-state index in [9.17, 15) is 0 Å². The molecule has 0 bridgehead atoms. The first kappa shape index (κ1) is 13.3. The Hall–Kier alpha value is -1.13. The maximum atomic E-state index is 5.88. The van der Waals surface area contributed by atoms with Gasteiger partial charge < -0.3 is 10.6 Å². The van der Waals surface area contributed by atoms with E-state index in [0.29, 0.717) is 12.6 Å². The molecule has 0 radical (unpaired) electrons. The number of likely N-dealkylation sites (N-methyl/N-ethyl adjacent to an activating group) is 1. The van der Waals surface area contributed by atoms with Crippen LogP contribution in [-0.2, 0) is 6.54 Å². The Balaban J connectivity index is 2.24. The van der Waals surface area contributed by atoms with Gasteiger partial charge in [0, 0.05) is 44.0 Å². The summed E-state index contributed by atoms with van der Waals surface area (Å²) in [6, 6.07) is 2.66. The first-order valence-corrected chi connectivity index (χ1v) is 6.77. The number of hydrogen-bond acceptors (Lipinski definition) is 4. The molecule has 0 aliphatic carbocycles. The van der Waals surface area contributed by atoms with E-state index in [-0.39, 0.29) is 0 Å². The van der Waals surface area contributed by atoms with Crippen LogP contribution in [0.4, 0.5) is 5.82 Å². The average Bonchev–Trinajstić information content (AvgIpc) is 2.39. The van der Waals surface area contributed by atoms with E-state index in [2.05, 4.69) is 35.7 Å². The van der Waals surface area contributed by atoms with Crippen molar-refractivity contribution < 1.29 is 0 Å². The van der Waals surface area contributed by atoms with Crippen LogP contribution in [0.3, 0.4) is 0 Å². The number of nitrogens with zero attached hydrogens (tertiary/aromatic N) is 3. The van der Waals surface area contributed by atoms with Crippen LogP contribution in [0.15, 0.2) is 12.3 Å². The predicted molar refractivity (Wildman–Crippen MR) is 75.8 cm³/mol. The monoisotopic (exact) mass is 248 g/mol. The summed E-state index contributed by atoms with van der Waals surface area (Å²) >= 11 is 0. The summed E-state index contributed by atoms with van der Waals surface area (Å²) in [4.78, 5) is 9.39. The lowest BCUT2D eigenvalue weighted by molar-refractivity contribution is 0.212. The number of hydrogen-bond donors (Lipinski definition) is 1. The van der Waals surface area contributed by atoms with Gasteiger partial charge in [0.25, 0.3) is 0 Å². The van der Waals surface area contributed by atoms with Gasteiger partial charge in [-0.3, -0.25) is 4.90 Å². The summed E-state index contributed by atoms with van der Waals surface area (Å²) in [7, 11) is 2.21. The van der Waals surface area contributed by atoms with Crippen molar-refractivity contribution in [1.29, 1.82) is 0 Å². The van der Waals surface area contributed by atoms with Gasteiger partial charge in [0.15, 0.2) is 0 Å². The van der Waals surface area contributed by atoms with Gasteiger partial charge in [0.05, 0.1) is 0 Å². The molecule has 2 N–H and O–H groups in total.